The molecule has 0 aliphatic carbocycles. The summed E-state index contributed by atoms with van der Waals surface area (Å²) in [5, 5.41) is 6.96. The molecule has 1 N–H and O–H groups in total. The van der Waals surface area contributed by atoms with Crippen LogP contribution in [0.3, 0.4) is 0 Å². The average molecular weight is 352 g/mol. The third kappa shape index (κ3) is 3.66. The van der Waals surface area contributed by atoms with E-state index in [4.69, 9.17) is 0 Å². The highest BCUT2D eigenvalue weighted by atomic mass is 19.1. The van der Waals surface area contributed by atoms with Gasteiger partial charge in [-0.1, -0.05) is 6.07 Å². The van der Waals surface area contributed by atoms with Crippen molar-refractivity contribution in [3.8, 4) is 11.3 Å². The predicted molar refractivity (Wildman–Crippen MR) is 96.2 cm³/mol. The number of nitrogens with zero attached hydrogens (tertiary/aromatic N) is 3. The van der Waals surface area contributed by atoms with Crippen molar-refractivity contribution in [2.45, 2.75) is 19.9 Å². The van der Waals surface area contributed by atoms with Gasteiger partial charge in [0.25, 0.3) is 5.56 Å². The molecule has 0 unspecified atom stereocenters. The molecule has 7 heteroatoms. The molecule has 26 heavy (non-hydrogen) atoms. The third-order valence-electron chi connectivity index (χ3n) is 3.96. The Labute approximate surface area is 149 Å². The second-order valence-corrected chi connectivity index (χ2v) is 5.84. The van der Waals surface area contributed by atoms with Gasteiger partial charge in [0.1, 0.15) is 17.7 Å². The van der Waals surface area contributed by atoms with Crippen LogP contribution in [-0.2, 0) is 4.79 Å². The first-order chi connectivity index (χ1) is 12.5. The number of benzene rings is 1. The van der Waals surface area contributed by atoms with E-state index < -0.39 is 17.5 Å². The fourth-order valence-corrected chi connectivity index (χ4v) is 2.43. The van der Waals surface area contributed by atoms with Crippen molar-refractivity contribution in [3.05, 3.63) is 76.5 Å². The second-order valence-electron chi connectivity index (χ2n) is 5.84. The van der Waals surface area contributed by atoms with Crippen LogP contribution in [0.2, 0.25) is 0 Å². The first kappa shape index (κ1) is 17.5. The molecule has 3 aromatic rings. The highest BCUT2D eigenvalue weighted by Crippen LogP contribution is 2.17. The minimum atomic E-state index is -0.843. The Morgan fingerprint density at radius 2 is 1.88 bits per heavy atom. The Morgan fingerprint density at radius 1 is 1.15 bits per heavy atom. The van der Waals surface area contributed by atoms with Crippen molar-refractivity contribution < 1.29 is 9.18 Å². The van der Waals surface area contributed by atoms with Crippen LogP contribution in [0, 0.1) is 12.7 Å². The molecule has 2 aromatic heterocycles. The fourth-order valence-electron chi connectivity index (χ4n) is 2.43. The molecule has 132 valence electrons. The van der Waals surface area contributed by atoms with Crippen LogP contribution < -0.4 is 10.9 Å². The normalized spacial score (nSPS) is 11.8. The lowest BCUT2D eigenvalue weighted by Crippen LogP contribution is -2.33. The van der Waals surface area contributed by atoms with E-state index in [0.717, 1.165) is 10.2 Å². The number of hydrogen-bond donors (Lipinski definition) is 1. The van der Waals surface area contributed by atoms with Crippen molar-refractivity contribution in [1.82, 2.24) is 14.8 Å². The Balaban J connectivity index is 1.89. The van der Waals surface area contributed by atoms with Crippen molar-refractivity contribution in [2.75, 3.05) is 5.32 Å². The molecule has 0 spiro atoms. The molecule has 0 radical (unpaired) electrons. The van der Waals surface area contributed by atoms with Crippen LogP contribution >= 0.6 is 0 Å². The van der Waals surface area contributed by atoms with E-state index in [1.165, 1.54) is 18.2 Å². The van der Waals surface area contributed by atoms with Gasteiger partial charge in [-0.05, 0) is 55.8 Å². The smallest absolute Gasteiger partial charge is 0.267 e. The zero-order valence-corrected chi connectivity index (χ0v) is 14.3. The number of hydrogen-bond acceptors (Lipinski definition) is 4. The van der Waals surface area contributed by atoms with Gasteiger partial charge in [-0.15, -0.1) is 0 Å². The summed E-state index contributed by atoms with van der Waals surface area (Å²) in [6.45, 7) is 3.41. The summed E-state index contributed by atoms with van der Waals surface area (Å²) in [6, 6.07) is 11.4. The van der Waals surface area contributed by atoms with E-state index in [-0.39, 0.29) is 5.82 Å². The van der Waals surface area contributed by atoms with Crippen LogP contribution in [0.15, 0.2) is 59.5 Å². The van der Waals surface area contributed by atoms with Crippen LogP contribution in [0.4, 0.5) is 10.2 Å². The van der Waals surface area contributed by atoms with Gasteiger partial charge in [0.05, 0.1) is 5.69 Å². The van der Waals surface area contributed by atoms with Crippen LogP contribution in [0.1, 0.15) is 18.5 Å². The predicted octanol–water partition coefficient (Wildman–Crippen LogP) is 2.95. The highest BCUT2D eigenvalue weighted by Gasteiger charge is 2.19. The molecule has 1 atom stereocenters. The number of anilines is 1. The van der Waals surface area contributed by atoms with E-state index in [0.29, 0.717) is 17.1 Å². The Kier molecular flexibility index (Phi) is 4.88. The van der Waals surface area contributed by atoms with Gasteiger partial charge in [0.15, 0.2) is 0 Å². The zero-order chi connectivity index (χ0) is 18.7. The van der Waals surface area contributed by atoms with E-state index in [1.54, 1.807) is 37.4 Å². The molecular formula is C19H17FN4O2. The van der Waals surface area contributed by atoms with Gasteiger partial charge in [0.2, 0.25) is 5.91 Å². The summed E-state index contributed by atoms with van der Waals surface area (Å²) in [7, 11) is 0. The molecular weight excluding hydrogens is 335 g/mol. The lowest BCUT2D eigenvalue weighted by molar-refractivity contribution is -0.119. The maximum Gasteiger partial charge on any atom is 0.267 e. The molecule has 1 amide bonds. The quantitative estimate of drug-likeness (QED) is 0.783. The molecule has 0 fully saturated rings. The Bertz CT molecular complexity index is 999. The first-order valence-electron chi connectivity index (χ1n) is 8.04. The third-order valence-corrected chi connectivity index (χ3v) is 3.96. The lowest BCUT2D eigenvalue weighted by atomic mass is 10.1. The van der Waals surface area contributed by atoms with Gasteiger partial charge in [0, 0.05) is 17.8 Å². The Hall–Kier alpha value is -3.35. The summed E-state index contributed by atoms with van der Waals surface area (Å²) in [5.74, 6) is -0.328. The van der Waals surface area contributed by atoms with Crippen molar-refractivity contribution in [2.24, 2.45) is 0 Å². The summed E-state index contributed by atoms with van der Waals surface area (Å²) in [5.41, 5.74) is 1.52. The maximum absolute atomic E-state index is 13.1. The van der Waals surface area contributed by atoms with E-state index in [9.17, 15) is 14.0 Å². The van der Waals surface area contributed by atoms with Gasteiger partial charge in [-0.3, -0.25) is 9.59 Å². The molecule has 6 nitrogen and oxygen atoms in total. The van der Waals surface area contributed by atoms with Crippen molar-refractivity contribution in [3.63, 3.8) is 0 Å². The SMILES string of the molecule is Cc1cccnc1NC(=O)[C@H](C)n1nc(-c2ccc(F)cc2)ccc1=O. The number of aryl methyl sites for hydroxylation is 1. The van der Waals surface area contributed by atoms with Crippen molar-refractivity contribution >= 4 is 11.7 Å². The molecule has 0 aliphatic heterocycles. The monoisotopic (exact) mass is 352 g/mol. The van der Waals surface area contributed by atoms with Gasteiger partial charge < -0.3 is 5.32 Å². The first-order valence-corrected chi connectivity index (χ1v) is 8.04. The number of amides is 1. The van der Waals surface area contributed by atoms with Gasteiger partial charge >= 0.3 is 0 Å². The molecule has 1 aromatic carbocycles. The van der Waals surface area contributed by atoms with Crippen LogP contribution in [0.25, 0.3) is 11.3 Å². The van der Waals surface area contributed by atoms with Crippen LogP contribution in [0.5, 0.6) is 0 Å². The lowest BCUT2D eigenvalue weighted by Gasteiger charge is -2.15. The minimum absolute atomic E-state index is 0.361. The number of pyridine rings is 1. The standard InChI is InChI=1S/C19H17FN4O2/c1-12-4-3-11-21-18(12)22-19(26)13(2)24-17(25)10-9-16(23-24)14-5-7-15(20)8-6-14/h3-11,13H,1-2H3,(H,21,22,26)/t13-/m0/s1. The number of halogens is 1. The van der Waals surface area contributed by atoms with Crippen molar-refractivity contribution in [1.29, 1.82) is 0 Å². The molecule has 0 bridgehead atoms. The maximum atomic E-state index is 13.1. The van der Waals surface area contributed by atoms with Gasteiger partial charge in [-0.25, -0.2) is 14.1 Å². The minimum Gasteiger partial charge on any atom is -0.309 e. The molecule has 3 rings (SSSR count). The highest BCUT2D eigenvalue weighted by molar-refractivity contribution is 5.93. The molecule has 0 saturated heterocycles. The van der Waals surface area contributed by atoms with E-state index in [1.807, 2.05) is 13.0 Å². The topological polar surface area (TPSA) is 76.9 Å². The number of nitrogens with one attached hydrogen (secondary N) is 1. The van der Waals surface area contributed by atoms with E-state index in [2.05, 4.69) is 15.4 Å². The molecule has 2 heterocycles. The van der Waals surface area contributed by atoms with Crippen LogP contribution in [-0.4, -0.2) is 20.7 Å². The Morgan fingerprint density at radius 3 is 2.58 bits per heavy atom. The zero-order valence-electron chi connectivity index (χ0n) is 14.3. The summed E-state index contributed by atoms with van der Waals surface area (Å²) in [6.07, 6.45) is 1.58. The van der Waals surface area contributed by atoms with Gasteiger partial charge in [-0.2, -0.15) is 5.10 Å². The summed E-state index contributed by atoms with van der Waals surface area (Å²) in [4.78, 5) is 28.8. The number of rotatable bonds is 4. The largest absolute Gasteiger partial charge is 0.309 e. The fraction of sp³-hybridized carbons (Fsp3) is 0.158. The second kappa shape index (κ2) is 7.26. The van der Waals surface area contributed by atoms with E-state index >= 15 is 0 Å². The number of aromatic nitrogens is 3. The summed E-state index contributed by atoms with van der Waals surface area (Å²) < 4.78 is 14.2. The molecule has 0 saturated carbocycles. The molecule has 0 aliphatic rings. The number of carbonyl (C=O) groups excluding carboxylic acids is 1. The summed E-state index contributed by atoms with van der Waals surface area (Å²) >= 11 is 0. The average Bonchev–Trinajstić information content (AvgIpc) is 2.64. The number of carbonyl (C=O) groups is 1.